The summed E-state index contributed by atoms with van der Waals surface area (Å²) in [7, 11) is -1.41. The maximum atomic E-state index is 12.4. The molecule has 1 atom stereocenters. The number of imidazole rings is 1. The maximum Gasteiger partial charge on any atom is 0.215 e. The number of hydrogen-bond acceptors (Lipinski definition) is 4. The number of hydrogen-bond donors (Lipinski definition) is 1. The van der Waals surface area contributed by atoms with E-state index in [2.05, 4.69) is 24.6 Å². The van der Waals surface area contributed by atoms with E-state index in [1.165, 1.54) is 11.1 Å². The van der Waals surface area contributed by atoms with Gasteiger partial charge in [0, 0.05) is 11.3 Å². The highest BCUT2D eigenvalue weighted by Gasteiger charge is 2.25. The monoisotopic (exact) mass is 303 g/mol. The van der Waals surface area contributed by atoms with Crippen molar-refractivity contribution in [2.75, 3.05) is 5.73 Å². The minimum atomic E-state index is -1.41. The SMILES string of the molecule is CC(On1cnc(C(=O)c2ccccc2N)c1)[Si](C)(C)C. The van der Waals surface area contributed by atoms with Gasteiger partial charge in [-0.15, -0.1) is 0 Å². The molecule has 0 spiro atoms. The Bertz CT molecular complexity index is 646. The summed E-state index contributed by atoms with van der Waals surface area (Å²) in [5.74, 6) is -0.198. The van der Waals surface area contributed by atoms with Crippen molar-refractivity contribution in [1.29, 1.82) is 0 Å². The quantitative estimate of drug-likeness (QED) is 0.523. The zero-order valence-electron chi connectivity index (χ0n) is 12.8. The predicted octanol–water partition coefficient (Wildman–Crippen LogP) is 2.39. The van der Waals surface area contributed by atoms with E-state index in [1.54, 1.807) is 30.5 Å². The molecule has 0 aliphatic rings. The number of rotatable bonds is 5. The molecule has 21 heavy (non-hydrogen) atoms. The molecule has 112 valence electrons. The molecule has 5 nitrogen and oxygen atoms in total. The molecule has 0 fully saturated rings. The lowest BCUT2D eigenvalue weighted by atomic mass is 10.1. The van der Waals surface area contributed by atoms with E-state index in [0.29, 0.717) is 16.9 Å². The van der Waals surface area contributed by atoms with Crippen LogP contribution < -0.4 is 10.6 Å². The highest BCUT2D eigenvalue weighted by atomic mass is 28.3. The number of aromatic nitrogens is 2. The van der Waals surface area contributed by atoms with Crippen LogP contribution in [0.1, 0.15) is 23.0 Å². The van der Waals surface area contributed by atoms with E-state index in [-0.39, 0.29) is 11.5 Å². The Morgan fingerprint density at radius 2 is 2.00 bits per heavy atom. The second kappa shape index (κ2) is 5.73. The van der Waals surface area contributed by atoms with Gasteiger partial charge in [-0.05, 0) is 19.1 Å². The van der Waals surface area contributed by atoms with Crippen molar-refractivity contribution < 1.29 is 9.63 Å². The molecule has 6 heteroatoms. The van der Waals surface area contributed by atoms with Gasteiger partial charge in [0.25, 0.3) is 0 Å². The third-order valence-electron chi connectivity index (χ3n) is 3.50. The van der Waals surface area contributed by atoms with Gasteiger partial charge in [-0.2, -0.15) is 4.73 Å². The second-order valence-corrected chi connectivity index (χ2v) is 11.7. The van der Waals surface area contributed by atoms with Crippen LogP contribution in [-0.4, -0.2) is 29.3 Å². The molecule has 0 amide bonds. The summed E-state index contributed by atoms with van der Waals surface area (Å²) in [5, 5.41) is 0. The first-order chi connectivity index (χ1) is 9.79. The fourth-order valence-corrected chi connectivity index (χ4v) is 2.10. The molecule has 2 N–H and O–H groups in total. The topological polar surface area (TPSA) is 70.1 Å². The van der Waals surface area contributed by atoms with Crippen molar-refractivity contribution >= 4 is 19.5 Å². The molecule has 0 bridgehead atoms. The number of benzene rings is 1. The first kappa shape index (κ1) is 15.3. The standard InChI is InChI=1S/C15H21N3O2Si/c1-11(21(2,3)4)20-18-9-14(17-10-18)15(19)12-7-5-6-8-13(12)16/h5-11H,16H2,1-4H3. The summed E-state index contributed by atoms with van der Waals surface area (Å²) < 4.78 is 1.51. The molecule has 1 aromatic carbocycles. The minimum Gasteiger partial charge on any atom is -0.414 e. The third kappa shape index (κ3) is 3.52. The molecule has 1 heterocycles. The first-order valence-corrected chi connectivity index (χ1v) is 10.5. The second-order valence-electron chi connectivity index (χ2n) is 6.15. The van der Waals surface area contributed by atoms with Gasteiger partial charge in [0.1, 0.15) is 17.7 Å². The zero-order valence-corrected chi connectivity index (χ0v) is 13.8. The largest absolute Gasteiger partial charge is 0.414 e. The summed E-state index contributed by atoms with van der Waals surface area (Å²) in [6, 6.07) is 6.98. The van der Waals surface area contributed by atoms with Gasteiger partial charge in [-0.25, -0.2) is 4.98 Å². The highest BCUT2D eigenvalue weighted by Crippen LogP contribution is 2.15. The molecular weight excluding hydrogens is 282 g/mol. The van der Waals surface area contributed by atoms with E-state index < -0.39 is 8.07 Å². The normalized spacial score (nSPS) is 13.0. The van der Waals surface area contributed by atoms with Crippen LogP contribution in [0.15, 0.2) is 36.8 Å². The Kier molecular flexibility index (Phi) is 4.18. The predicted molar refractivity (Wildman–Crippen MR) is 85.9 cm³/mol. The molecule has 0 radical (unpaired) electrons. The third-order valence-corrected chi connectivity index (χ3v) is 6.04. The van der Waals surface area contributed by atoms with E-state index in [9.17, 15) is 4.79 Å². The number of nitrogen functional groups attached to an aromatic ring is 1. The van der Waals surface area contributed by atoms with Gasteiger partial charge in [0.05, 0.1) is 14.3 Å². The lowest BCUT2D eigenvalue weighted by molar-refractivity contribution is 0.0881. The van der Waals surface area contributed by atoms with Crippen molar-refractivity contribution in [3.63, 3.8) is 0 Å². The van der Waals surface area contributed by atoms with Crippen molar-refractivity contribution in [3.05, 3.63) is 48.0 Å². The van der Waals surface area contributed by atoms with Crippen molar-refractivity contribution in [3.8, 4) is 0 Å². The van der Waals surface area contributed by atoms with Crippen LogP contribution in [0.5, 0.6) is 0 Å². The number of para-hydroxylation sites is 1. The van der Waals surface area contributed by atoms with Crippen molar-refractivity contribution in [1.82, 2.24) is 9.71 Å². The lowest BCUT2D eigenvalue weighted by Gasteiger charge is -2.25. The highest BCUT2D eigenvalue weighted by molar-refractivity contribution is 6.77. The van der Waals surface area contributed by atoms with Gasteiger partial charge in [-0.3, -0.25) is 4.79 Å². The Morgan fingerprint density at radius 3 is 2.62 bits per heavy atom. The average molecular weight is 303 g/mol. The Balaban J connectivity index is 2.17. The number of carbonyl (C=O) groups is 1. The van der Waals surface area contributed by atoms with Crippen LogP contribution in [0, 0.1) is 0 Å². The molecule has 0 saturated carbocycles. The van der Waals surface area contributed by atoms with E-state index in [0.717, 1.165) is 0 Å². The van der Waals surface area contributed by atoms with Gasteiger partial charge in [0.2, 0.25) is 5.78 Å². The van der Waals surface area contributed by atoms with Gasteiger partial charge in [-0.1, -0.05) is 31.8 Å². The summed E-state index contributed by atoms with van der Waals surface area (Å²) >= 11 is 0. The van der Waals surface area contributed by atoms with E-state index in [4.69, 9.17) is 10.6 Å². The van der Waals surface area contributed by atoms with Crippen LogP contribution in [0.2, 0.25) is 19.6 Å². The summed E-state index contributed by atoms with van der Waals surface area (Å²) in [4.78, 5) is 22.3. The van der Waals surface area contributed by atoms with Gasteiger partial charge < -0.3 is 10.6 Å². The smallest absolute Gasteiger partial charge is 0.215 e. The fourth-order valence-electron chi connectivity index (χ4n) is 1.66. The summed E-state index contributed by atoms with van der Waals surface area (Å²) in [5.41, 5.74) is 7.18. The van der Waals surface area contributed by atoms with E-state index >= 15 is 0 Å². The molecule has 2 rings (SSSR count). The van der Waals surface area contributed by atoms with Crippen molar-refractivity contribution in [2.45, 2.75) is 32.3 Å². The Morgan fingerprint density at radius 1 is 1.33 bits per heavy atom. The first-order valence-electron chi connectivity index (χ1n) is 6.89. The lowest BCUT2D eigenvalue weighted by Crippen LogP contribution is -2.43. The number of anilines is 1. The number of nitrogens with zero attached hydrogens (tertiary/aromatic N) is 2. The molecule has 0 saturated heterocycles. The summed E-state index contributed by atoms with van der Waals surface area (Å²) in [6.07, 6.45) is 3.12. The maximum absolute atomic E-state index is 12.4. The molecule has 0 aliphatic carbocycles. The molecule has 1 aromatic heterocycles. The fraction of sp³-hybridized carbons (Fsp3) is 0.333. The average Bonchev–Trinajstić information content (AvgIpc) is 2.86. The molecule has 0 aliphatic heterocycles. The van der Waals surface area contributed by atoms with Crippen LogP contribution >= 0.6 is 0 Å². The van der Waals surface area contributed by atoms with Crippen LogP contribution in [0.4, 0.5) is 5.69 Å². The Labute approximate surface area is 125 Å². The minimum absolute atomic E-state index is 0.122. The summed E-state index contributed by atoms with van der Waals surface area (Å²) in [6.45, 7) is 8.73. The van der Waals surface area contributed by atoms with Crippen molar-refractivity contribution in [2.24, 2.45) is 0 Å². The van der Waals surface area contributed by atoms with Crippen LogP contribution in [0.3, 0.4) is 0 Å². The molecular formula is C15H21N3O2Si. The van der Waals surface area contributed by atoms with Gasteiger partial charge >= 0.3 is 0 Å². The number of ketones is 1. The Hall–Kier alpha value is -2.08. The van der Waals surface area contributed by atoms with Crippen LogP contribution in [-0.2, 0) is 0 Å². The molecule has 1 unspecified atom stereocenters. The van der Waals surface area contributed by atoms with Gasteiger partial charge in [0.15, 0.2) is 0 Å². The van der Waals surface area contributed by atoms with Crippen LogP contribution in [0.25, 0.3) is 0 Å². The van der Waals surface area contributed by atoms with E-state index in [1.807, 2.05) is 6.92 Å². The number of nitrogens with two attached hydrogens (primary N) is 1. The zero-order chi connectivity index (χ0) is 15.6. The molecule has 2 aromatic rings. The number of carbonyl (C=O) groups excluding carboxylic acids is 1.